The molecule has 0 atom stereocenters. The Morgan fingerprint density at radius 2 is 1.83 bits per heavy atom. The van der Waals surface area contributed by atoms with Gasteiger partial charge in [0.1, 0.15) is 11.5 Å². The monoisotopic (exact) mass is 338 g/mol. The first-order chi connectivity index (χ1) is 11.6. The fraction of sp³-hybridized carbons (Fsp3) is 0.0556. The van der Waals surface area contributed by atoms with E-state index in [9.17, 15) is 4.79 Å². The molecule has 0 aliphatic heterocycles. The molecule has 0 unspecified atom stereocenters. The smallest absolute Gasteiger partial charge is 0.275 e. The fourth-order valence-corrected chi connectivity index (χ4v) is 2.36. The number of hydrogen-bond acceptors (Lipinski definition) is 4. The Morgan fingerprint density at radius 3 is 2.50 bits per heavy atom. The average molecular weight is 339 g/mol. The van der Waals surface area contributed by atoms with E-state index in [4.69, 9.17) is 11.6 Å². The summed E-state index contributed by atoms with van der Waals surface area (Å²) in [4.78, 5) is 20.6. The average Bonchev–Trinajstić information content (AvgIpc) is 2.59. The van der Waals surface area contributed by atoms with Gasteiger partial charge in [0, 0.05) is 16.4 Å². The third-order valence-electron chi connectivity index (χ3n) is 3.37. The summed E-state index contributed by atoms with van der Waals surface area (Å²) in [5.74, 6) is 0.250. The van der Waals surface area contributed by atoms with Crippen LogP contribution in [-0.4, -0.2) is 15.9 Å². The van der Waals surface area contributed by atoms with Crippen LogP contribution in [0.1, 0.15) is 16.1 Å². The highest BCUT2D eigenvalue weighted by Crippen LogP contribution is 2.20. The third-order valence-corrected chi connectivity index (χ3v) is 3.60. The maximum absolute atomic E-state index is 12.3. The SMILES string of the molecule is Cc1cc(Cl)ccc1NC(=O)c1cnc(Nc2ccccc2)cn1. The number of aromatic nitrogens is 2. The molecule has 3 aromatic rings. The second kappa shape index (κ2) is 7.10. The first kappa shape index (κ1) is 16.0. The molecule has 0 bridgehead atoms. The van der Waals surface area contributed by atoms with Gasteiger partial charge < -0.3 is 10.6 Å². The van der Waals surface area contributed by atoms with Crippen molar-refractivity contribution in [2.75, 3.05) is 10.6 Å². The van der Waals surface area contributed by atoms with E-state index < -0.39 is 0 Å². The summed E-state index contributed by atoms with van der Waals surface area (Å²) in [6, 6.07) is 14.9. The number of benzene rings is 2. The molecule has 3 rings (SSSR count). The minimum Gasteiger partial charge on any atom is -0.339 e. The summed E-state index contributed by atoms with van der Waals surface area (Å²) in [6.45, 7) is 1.88. The summed E-state index contributed by atoms with van der Waals surface area (Å²) in [5.41, 5.74) is 2.72. The zero-order valence-corrected chi connectivity index (χ0v) is 13.7. The standard InChI is InChI=1S/C18H15ClN4O/c1-12-9-13(19)7-8-15(12)23-18(24)16-10-21-17(11-20-16)22-14-5-3-2-4-6-14/h2-11H,1H3,(H,21,22)(H,23,24). The van der Waals surface area contributed by atoms with Crippen molar-refractivity contribution >= 4 is 34.7 Å². The van der Waals surface area contributed by atoms with Gasteiger partial charge in [-0.1, -0.05) is 29.8 Å². The second-order valence-electron chi connectivity index (χ2n) is 5.19. The van der Waals surface area contributed by atoms with Gasteiger partial charge in [-0.05, 0) is 42.8 Å². The molecule has 5 nitrogen and oxygen atoms in total. The number of amides is 1. The van der Waals surface area contributed by atoms with Crippen molar-refractivity contribution in [1.82, 2.24) is 9.97 Å². The van der Waals surface area contributed by atoms with E-state index in [1.807, 2.05) is 37.3 Å². The first-order valence-corrected chi connectivity index (χ1v) is 7.71. The minimum absolute atomic E-state index is 0.239. The zero-order chi connectivity index (χ0) is 16.9. The molecule has 1 heterocycles. The van der Waals surface area contributed by atoms with Gasteiger partial charge in [0.15, 0.2) is 0 Å². The molecule has 1 aromatic heterocycles. The quantitative estimate of drug-likeness (QED) is 0.738. The molecular weight excluding hydrogens is 324 g/mol. The maximum Gasteiger partial charge on any atom is 0.275 e. The third kappa shape index (κ3) is 3.88. The van der Waals surface area contributed by atoms with E-state index in [0.717, 1.165) is 11.3 Å². The molecule has 2 aromatic carbocycles. The van der Waals surface area contributed by atoms with Crippen LogP contribution in [0.2, 0.25) is 5.02 Å². The number of nitrogens with zero attached hydrogens (tertiary/aromatic N) is 2. The summed E-state index contributed by atoms with van der Waals surface area (Å²) in [6.07, 6.45) is 2.96. The lowest BCUT2D eigenvalue weighted by Gasteiger charge is -2.09. The van der Waals surface area contributed by atoms with Crippen molar-refractivity contribution in [1.29, 1.82) is 0 Å². The van der Waals surface area contributed by atoms with E-state index in [2.05, 4.69) is 20.6 Å². The molecule has 0 fully saturated rings. The van der Waals surface area contributed by atoms with Crippen molar-refractivity contribution in [3.8, 4) is 0 Å². The van der Waals surface area contributed by atoms with Crippen LogP contribution in [0.25, 0.3) is 0 Å². The van der Waals surface area contributed by atoms with Gasteiger partial charge in [-0.3, -0.25) is 4.79 Å². The lowest BCUT2D eigenvalue weighted by atomic mass is 10.2. The first-order valence-electron chi connectivity index (χ1n) is 7.33. The Kier molecular flexibility index (Phi) is 4.72. The van der Waals surface area contributed by atoms with Gasteiger partial charge in [-0.15, -0.1) is 0 Å². The predicted molar refractivity (Wildman–Crippen MR) is 95.9 cm³/mol. The number of anilines is 3. The molecule has 0 saturated heterocycles. The summed E-state index contributed by atoms with van der Waals surface area (Å²) < 4.78 is 0. The van der Waals surface area contributed by atoms with E-state index in [0.29, 0.717) is 16.5 Å². The highest BCUT2D eigenvalue weighted by Gasteiger charge is 2.10. The van der Waals surface area contributed by atoms with Crippen molar-refractivity contribution < 1.29 is 4.79 Å². The van der Waals surface area contributed by atoms with Crippen LogP contribution in [0.15, 0.2) is 60.9 Å². The van der Waals surface area contributed by atoms with Crippen LogP contribution < -0.4 is 10.6 Å². The Labute approximate surface area is 144 Å². The zero-order valence-electron chi connectivity index (χ0n) is 13.0. The number of para-hydroxylation sites is 1. The van der Waals surface area contributed by atoms with Crippen LogP contribution >= 0.6 is 11.6 Å². The Morgan fingerprint density at radius 1 is 1.04 bits per heavy atom. The Bertz CT molecular complexity index is 851. The molecule has 1 amide bonds. The number of nitrogens with one attached hydrogen (secondary N) is 2. The van der Waals surface area contributed by atoms with Gasteiger partial charge in [0.2, 0.25) is 0 Å². The fourth-order valence-electron chi connectivity index (χ4n) is 2.13. The van der Waals surface area contributed by atoms with E-state index in [1.54, 1.807) is 18.2 Å². The molecule has 0 radical (unpaired) electrons. The molecule has 2 N–H and O–H groups in total. The Balaban J connectivity index is 1.69. The van der Waals surface area contributed by atoms with Gasteiger partial charge in [0.25, 0.3) is 5.91 Å². The van der Waals surface area contributed by atoms with Gasteiger partial charge in [-0.2, -0.15) is 0 Å². The van der Waals surface area contributed by atoms with Crippen LogP contribution in [0.4, 0.5) is 17.2 Å². The minimum atomic E-state index is -0.320. The number of rotatable bonds is 4. The Hall–Kier alpha value is -2.92. The van der Waals surface area contributed by atoms with Gasteiger partial charge in [0.05, 0.1) is 12.4 Å². The van der Waals surface area contributed by atoms with E-state index in [-0.39, 0.29) is 11.6 Å². The van der Waals surface area contributed by atoms with Crippen LogP contribution in [0, 0.1) is 6.92 Å². The van der Waals surface area contributed by atoms with Crippen molar-refractivity contribution in [2.24, 2.45) is 0 Å². The molecule has 0 aliphatic carbocycles. The number of aryl methyl sites for hydroxylation is 1. The van der Waals surface area contributed by atoms with Crippen LogP contribution in [0.5, 0.6) is 0 Å². The highest BCUT2D eigenvalue weighted by molar-refractivity contribution is 6.30. The highest BCUT2D eigenvalue weighted by atomic mass is 35.5. The molecule has 120 valence electrons. The molecular formula is C18H15ClN4O. The van der Waals surface area contributed by atoms with Crippen molar-refractivity contribution in [2.45, 2.75) is 6.92 Å². The molecule has 0 spiro atoms. The summed E-state index contributed by atoms with van der Waals surface area (Å²) in [7, 11) is 0. The topological polar surface area (TPSA) is 66.9 Å². The van der Waals surface area contributed by atoms with Crippen LogP contribution in [-0.2, 0) is 0 Å². The molecule has 24 heavy (non-hydrogen) atoms. The normalized spacial score (nSPS) is 10.2. The van der Waals surface area contributed by atoms with Gasteiger partial charge in [-0.25, -0.2) is 9.97 Å². The van der Waals surface area contributed by atoms with Gasteiger partial charge >= 0.3 is 0 Å². The largest absolute Gasteiger partial charge is 0.339 e. The van der Waals surface area contributed by atoms with Crippen molar-refractivity contribution in [3.63, 3.8) is 0 Å². The van der Waals surface area contributed by atoms with Crippen molar-refractivity contribution in [3.05, 3.63) is 77.2 Å². The lowest BCUT2D eigenvalue weighted by Crippen LogP contribution is -2.15. The van der Waals surface area contributed by atoms with E-state index >= 15 is 0 Å². The second-order valence-corrected chi connectivity index (χ2v) is 5.63. The maximum atomic E-state index is 12.3. The number of hydrogen-bond donors (Lipinski definition) is 2. The number of halogens is 1. The number of carbonyl (C=O) groups excluding carboxylic acids is 1. The molecule has 0 saturated carbocycles. The molecule has 6 heteroatoms. The summed E-state index contributed by atoms with van der Waals surface area (Å²) >= 11 is 5.91. The lowest BCUT2D eigenvalue weighted by molar-refractivity contribution is 0.102. The molecule has 0 aliphatic rings. The van der Waals surface area contributed by atoms with E-state index in [1.165, 1.54) is 12.4 Å². The van der Waals surface area contributed by atoms with Crippen LogP contribution in [0.3, 0.4) is 0 Å². The predicted octanol–water partition coefficient (Wildman–Crippen LogP) is 4.43. The summed E-state index contributed by atoms with van der Waals surface area (Å²) in [5, 5.41) is 6.54. The number of carbonyl (C=O) groups is 1.